The smallest absolute Gasteiger partial charge is 0.162 e. The molecule has 1 radical (unpaired) electrons. The molecule has 0 atom stereocenters. The van der Waals surface area contributed by atoms with Gasteiger partial charge in [-0.2, -0.15) is 0 Å². The van der Waals surface area contributed by atoms with Gasteiger partial charge in [0.15, 0.2) is 5.78 Å². The average molecular weight is 795 g/mol. The third-order valence-corrected chi connectivity index (χ3v) is 9.83. The maximum atomic E-state index is 11.7. The van der Waals surface area contributed by atoms with Gasteiger partial charge in [-0.25, -0.2) is 0 Å². The molecule has 4 nitrogen and oxygen atoms in total. The molecule has 46 heavy (non-hydrogen) atoms. The second kappa shape index (κ2) is 13.8. The number of furan rings is 1. The number of allylic oxidation sites excluding steroid dienone is 2. The predicted molar refractivity (Wildman–Crippen MR) is 188 cm³/mol. The number of hydrogen-bond donors (Lipinski definition) is 1. The molecule has 0 bridgehead atoms. The Morgan fingerprint density at radius 2 is 1.61 bits per heavy atom. The summed E-state index contributed by atoms with van der Waals surface area (Å²) < 4.78 is 6.22. The number of carbonyl (C=O) groups is 1. The van der Waals surface area contributed by atoms with Gasteiger partial charge in [0.2, 0.25) is 0 Å². The van der Waals surface area contributed by atoms with Crippen molar-refractivity contribution >= 4 is 38.5 Å². The molecule has 0 fully saturated rings. The number of rotatable bonds is 7. The Hall–Kier alpha value is -3.27. The number of aliphatic hydroxyl groups is 1. The van der Waals surface area contributed by atoms with Crippen LogP contribution in [0.15, 0.2) is 71.0 Å². The normalized spacial score (nSPS) is 13.9. The van der Waals surface area contributed by atoms with E-state index in [1.54, 1.807) is 0 Å². The van der Waals surface area contributed by atoms with Gasteiger partial charge in [-0.15, -0.1) is 17.7 Å². The van der Waals surface area contributed by atoms with Crippen LogP contribution < -0.4 is 0 Å². The Bertz CT molecular complexity index is 1900. The van der Waals surface area contributed by atoms with Gasteiger partial charge in [-0.1, -0.05) is 104 Å². The van der Waals surface area contributed by atoms with Crippen LogP contribution in [-0.2, 0) is 35.7 Å². The molecule has 0 saturated carbocycles. The Balaban J connectivity index is 0.000000259. The van der Waals surface area contributed by atoms with Crippen molar-refractivity contribution in [1.29, 1.82) is 0 Å². The van der Waals surface area contributed by atoms with E-state index in [0.717, 1.165) is 53.5 Å². The second-order valence-corrected chi connectivity index (χ2v) is 14.0. The molecule has 0 aliphatic heterocycles. The zero-order chi connectivity index (χ0) is 32.7. The quantitative estimate of drug-likeness (QED) is 0.101. The monoisotopic (exact) mass is 795 g/mol. The largest absolute Gasteiger partial charge is 0.512 e. The molecule has 0 saturated heterocycles. The van der Waals surface area contributed by atoms with Gasteiger partial charge in [-0.05, 0) is 75.7 Å². The summed E-state index contributed by atoms with van der Waals surface area (Å²) in [6.45, 7) is 19.5. The van der Waals surface area contributed by atoms with Crippen LogP contribution in [0.5, 0.6) is 0 Å². The predicted octanol–water partition coefficient (Wildman–Crippen LogP) is 11.4. The van der Waals surface area contributed by atoms with Crippen molar-refractivity contribution in [3.63, 3.8) is 0 Å². The Kier molecular flexibility index (Phi) is 10.7. The summed E-state index contributed by atoms with van der Waals surface area (Å²) in [5.41, 5.74) is 7.65. The van der Waals surface area contributed by atoms with Crippen molar-refractivity contribution in [2.75, 3.05) is 0 Å². The standard InChI is InChI=1S/C28H24NO.C13H24O2.Ir/c1-27(2,3)17-13-12-16-15-29-26-18-8-6-10-21-23(18)24-20(9-7-11-22(24)30-21)28(4,5)25(26)19(16)14-17;1-5-10(6-2)12(14)9-13(15)11(7-3)8-4;/h6-7,9-15H,1-5H3;9-11,14H,5-8H2,1-4H3;/q-1;;/b;12-9-;. The summed E-state index contributed by atoms with van der Waals surface area (Å²) in [6.07, 6.45) is 6.92. The Labute approximate surface area is 288 Å². The third-order valence-electron chi connectivity index (χ3n) is 9.83. The van der Waals surface area contributed by atoms with Gasteiger partial charge in [0.05, 0.1) is 11.3 Å². The van der Waals surface area contributed by atoms with Crippen molar-refractivity contribution < 1.29 is 34.4 Å². The van der Waals surface area contributed by atoms with Crippen LogP contribution >= 0.6 is 0 Å². The third kappa shape index (κ3) is 6.34. The van der Waals surface area contributed by atoms with Crippen molar-refractivity contribution in [1.82, 2.24) is 4.98 Å². The molecule has 3 aromatic carbocycles. The fourth-order valence-corrected chi connectivity index (χ4v) is 6.93. The topological polar surface area (TPSA) is 63.3 Å². The van der Waals surface area contributed by atoms with Gasteiger partial charge in [-0.3, -0.25) is 4.79 Å². The first-order chi connectivity index (χ1) is 21.4. The van der Waals surface area contributed by atoms with Crippen LogP contribution in [0.3, 0.4) is 0 Å². The first kappa shape index (κ1) is 35.6. The summed E-state index contributed by atoms with van der Waals surface area (Å²) in [5, 5.41) is 14.5. The minimum Gasteiger partial charge on any atom is -0.512 e. The van der Waals surface area contributed by atoms with Crippen molar-refractivity contribution in [3.05, 3.63) is 89.3 Å². The number of aliphatic hydroxyl groups excluding tert-OH is 1. The molecule has 0 amide bonds. The fourth-order valence-electron chi connectivity index (χ4n) is 6.93. The van der Waals surface area contributed by atoms with Gasteiger partial charge in [0.25, 0.3) is 0 Å². The van der Waals surface area contributed by atoms with Crippen LogP contribution in [0, 0.1) is 17.9 Å². The minimum atomic E-state index is -0.235. The van der Waals surface area contributed by atoms with E-state index < -0.39 is 0 Å². The van der Waals surface area contributed by atoms with Crippen LogP contribution in [-0.4, -0.2) is 15.9 Å². The Morgan fingerprint density at radius 3 is 2.24 bits per heavy atom. The van der Waals surface area contributed by atoms with E-state index in [0.29, 0.717) is 0 Å². The van der Waals surface area contributed by atoms with Crippen molar-refractivity contribution in [3.8, 4) is 11.3 Å². The maximum absolute atomic E-state index is 11.7. The molecular formula is C41H48IrNO3-. The van der Waals surface area contributed by atoms with E-state index in [2.05, 4.69) is 77.1 Å². The van der Waals surface area contributed by atoms with E-state index in [1.165, 1.54) is 38.9 Å². The zero-order valence-electron chi connectivity index (χ0n) is 28.8. The molecule has 1 aliphatic rings. The molecule has 5 aromatic rings. The minimum absolute atomic E-state index is 0. The average Bonchev–Trinajstić information content (AvgIpc) is 3.36. The van der Waals surface area contributed by atoms with E-state index in [4.69, 9.17) is 9.40 Å². The molecule has 0 unspecified atom stereocenters. The molecule has 5 heteroatoms. The summed E-state index contributed by atoms with van der Waals surface area (Å²) in [5.74, 6) is 0.547. The van der Waals surface area contributed by atoms with Gasteiger partial charge in [0.1, 0.15) is 5.58 Å². The molecule has 6 rings (SSSR count). The molecule has 2 heterocycles. The number of hydrogen-bond acceptors (Lipinski definition) is 4. The van der Waals surface area contributed by atoms with Gasteiger partial charge >= 0.3 is 0 Å². The number of pyridine rings is 1. The van der Waals surface area contributed by atoms with E-state index >= 15 is 0 Å². The molecule has 1 N–H and O–H groups in total. The summed E-state index contributed by atoms with van der Waals surface area (Å²) in [7, 11) is 0. The number of benzene rings is 3. The molecule has 245 valence electrons. The number of fused-ring (bicyclic) bond motifs is 4. The molecular weight excluding hydrogens is 747 g/mol. The van der Waals surface area contributed by atoms with Crippen LogP contribution in [0.4, 0.5) is 0 Å². The Morgan fingerprint density at radius 1 is 0.957 bits per heavy atom. The second-order valence-electron chi connectivity index (χ2n) is 14.0. The first-order valence-corrected chi connectivity index (χ1v) is 16.6. The van der Waals surface area contributed by atoms with Crippen molar-refractivity contribution in [2.24, 2.45) is 11.8 Å². The van der Waals surface area contributed by atoms with Crippen LogP contribution in [0.25, 0.3) is 44.0 Å². The SMILES string of the molecule is CC(C)(C)c1ccc2cnc3c(c2c1)C(C)(C)c1cccc2oc4cc[c-]c-3c4c12.CCC(CC)C(=O)/C=C(\O)C(CC)CC.[Ir]. The van der Waals surface area contributed by atoms with E-state index in [9.17, 15) is 9.90 Å². The molecule has 0 spiro atoms. The van der Waals surface area contributed by atoms with Crippen LogP contribution in [0.2, 0.25) is 0 Å². The summed E-state index contributed by atoms with van der Waals surface area (Å²) in [6, 6.07) is 20.7. The number of ketones is 1. The van der Waals surface area contributed by atoms with Crippen LogP contribution in [0.1, 0.15) is 105 Å². The van der Waals surface area contributed by atoms with E-state index in [1.807, 2.05) is 46.0 Å². The van der Waals surface area contributed by atoms with E-state index in [-0.39, 0.29) is 54.3 Å². The summed E-state index contributed by atoms with van der Waals surface area (Å²) in [4.78, 5) is 16.7. The number of nitrogens with zero attached hydrogens (tertiary/aromatic N) is 1. The maximum Gasteiger partial charge on any atom is 0.162 e. The summed E-state index contributed by atoms with van der Waals surface area (Å²) >= 11 is 0. The molecule has 1 aliphatic carbocycles. The molecule has 2 aromatic heterocycles. The van der Waals surface area contributed by atoms with Gasteiger partial charge < -0.3 is 14.5 Å². The first-order valence-electron chi connectivity index (χ1n) is 16.6. The van der Waals surface area contributed by atoms with Gasteiger partial charge in [0, 0.05) is 49.6 Å². The fraction of sp³-hybridized carbons (Fsp3) is 0.415. The number of carbonyl (C=O) groups excluding carboxylic acids is 1. The van der Waals surface area contributed by atoms with Crippen molar-refractivity contribution in [2.45, 2.75) is 98.8 Å². The zero-order valence-corrected chi connectivity index (χ0v) is 31.2. The number of aromatic nitrogens is 1.